The number of pyridine rings is 1. The fourth-order valence-electron chi connectivity index (χ4n) is 2.34. The zero-order valence-corrected chi connectivity index (χ0v) is 15.1. The van der Waals surface area contributed by atoms with E-state index in [1.165, 1.54) is 20.3 Å². The molecule has 0 saturated carbocycles. The molecule has 132 valence electrons. The van der Waals surface area contributed by atoms with Gasteiger partial charge in [0, 0.05) is 18.5 Å². The van der Waals surface area contributed by atoms with Crippen molar-refractivity contribution in [1.82, 2.24) is 14.1 Å². The molecule has 0 spiro atoms. The van der Waals surface area contributed by atoms with Gasteiger partial charge in [0.25, 0.3) is 0 Å². The first-order valence-corrected chi connectivity index (χ1v) is 9.14. The number of ether oxygens (including phenoxy) is 2. The second kappa shape index (κ2) is 6.91. The third-order valence-electron chi connectivity index (χ3n) is 3.57. The molecule has 0 atom stereocenters. The van der Waals surface area contributed by atoms with Crippen LogP contribution in [-0.4, -0.2) is 32.0 Å². The normalized spacial score (nSPS) is 11.6. The van der Waals surface area contributed by atoms with Crippen molar-refractivity contribution in [2.75, 3.05) is 14.2 Å². The van der Waals surface area contributed by atoms with Gasteiger partial charge in [0.1, 0.15) is 22.0 Å². The summed E-state index contributed by atoms with van der Waals surface area (Å²) in [6.07, 6.45) is 3.42. The molecule has 1 aromatic carbocycles. The molecule has 0 fully saturated rings. The maximum Gasteiger partial charge on any atom is 0.244 e. The summed E-state index contributed by atoms with van der Waals surface area (Å²) in [7, 11) is -0.935. The zero-order chi connectivity index (χ0) is 18.0. The average molecular weight is 382 g/mol. The molecule has 0 aliphatic rings. The van der Waals surface area contributed by atoms with Crippen LogP contribution in [0.1, 0.15) is 5.69 Å². The van der Waals surface area contributed by atoms with Gasteiger partial charge >= 0.3 is 0 Å². The quantitative estimate of drug-likeness (QED) is 0.709. The third-order valence-corrected chi connectivity index (χ3v) is 5.21. The number of benzene rings is 1. The fraction of sp³-hybridized carbons (Fsp3) is 0.188. The number of halogens is 1. The van der Waals surface area contributed by atoms with Gasteiger partial charge in [-0.1, -0.05) is 11.6 Å². The lowest BCUT2D eigenvalue weighted by atomic mass is 10.3. The predicted octanol–water partition coefficient (Wildman–Crippen LogP) is 2.48. The number of rotatable bonds is 6. The van der Waals surface area contributed by atoms with Crippen LogP contribution in [0.5, 0.6) is 11.5 Å². The molecule has 1 N–H and O–H groups in total. The van der Waals surface area contributed by atoms with Crippen LogP contribution in [0, 0.1) is 0 Å². The van der Waals surface area contributed by atoms with E-state index in [-0.39, 0.29) is 17.2 Å². The van der Waals surface area contributed by atoms with Crippen LogP contribution >= 0.6 is 11.6 Å². The molecule has 0 amide bonds. The van der Waals surface area contributed by atoms with Gasteiger partial charge in [-0.15, -0.1) is 0 Å². The van der Waals surface area contributed by atoms with E-state index in [0.29, 0.717) is 22.1 Å². The molecule has 0 aliphatic carbocycles. The molecule has 7 nitrogen and oxygen atoms in total. The van der Waals surface area contributed by atoms with Gasteiger partial charge in [0.05, 0.1) is 31.5 Å². The van der Waals surface area contributed by atoms with Gasteiger partial charge < -0.3 is 13.9 Å². The first-order valence-electron chi connectivity index (χ1n) is 7.28. The van der Waals surface area contributed by atoms with Crippen LogP contribution in [-0.2, 0) is 16.6 Å². The topological polar surface area (TPSA) is 81.9 Å². The number of nitrogens with zero attached hydrogens (tertiary/aromatic N) is 2. The maximum absolute atomic E-state index is 12.6. The summed E-state index contributed by atoms with van der Waals surface area (Å²) in [6.45, 7) is 0.0298. The number of nitrogens with one attached hydrogen (secondary N) is 1. The molecule has 0 unspecified atom stereocenters. The molecule has 0 radical (unpaired) electrons. The van der Waals surface area contributed by atoms with Gasteiger partial charge in [-0.2, -0.15) is 0 Å². The minimum atomic E-state index is -3.81. The Balaban J connectivity index is 1.85. The van der Waals surface area contributed by atoms with Crippen molar-refractivity contribution in [1.29, 1.82) is 0 Å². The van der Waals surface area contributed by atoms with E-state index in [4.69, 9.17) is 21.1 Å². The molecule has 9 heteroatoms. The van der Waals surface area contributed by atoms with Crippen molar-refractivity contribution in [2.45, 2.75) is 11.4 Å². The zero-order valence-electron chi connectivity index (χ0n) is 13.6. The number of hydrogen-bond donors (Lipinski definition) is 1. The summed E-state index contributed by atoms with van der Waals surface area (Å²) >= 11 is 5.93. The van der Waals surface area contributed by atoms with Crippen LogP contribution in [0.15, 0.2) is 47.6 Å². The van der Waals surface area contributed by atoms with Crippen molar-refractivity contribution in [2.24, 2.45) is 0 Å². The van der Waals surface area contributed by atoms with E-state index in [2.05, 4.69) is 9.71 Å². The number of methoxy groups -OCH3 is 2. The van der Waals surface area contributed by atoms with Crippen LogP contribution < -0.4 is 14.2 Å². The Kier molecular flexibility index (Phi) is 4.85. The maximum atomic E-state index is 12.6. The molecule has 0 aliphatic heterocycles. The number of aromatic nitrogens is 2. The number of hydrogen-bond acceptors (Lipinski definition) is 5. The minimum absolute atomic E-state index is 0.00107. The van der Waals surface area contributed by atoms with Gasteiger partial charge in [-0.05, 0) is 24.3 Å². The van der Waals surface area contributed by atoms with Crippen molar-refractivity contribution in [3.8, 4) is 11.5 Å². The predicted molar refractivity (Wildman–Crippen MR) is 93.8 cm³/mol. The molecule has 0 bridgehead atoms. The Morgan fingerprint density at radius 1 is 1.16 bits per heavy atom. The van der Waals surface area contributed by atoms with E-state index in [1.54, 1.807) is 41.1 Å². The van der Waals surface area contributed by atoms with Crippen LogP contribution in [0.25, 0.3) is 5.65 Å². The summed E-state index contributed by atoms with van der Waals surface area (Å²) in [5.74, 6) is 0.652. The standard InChI is InChI=1S/C16H16ClN3O4S/c1-23-13-4-5-14(24-2)15(7-13)25(21,22)18-8-12-10-20-9-11(17)3-6-16(20)19-12/h3-7,9-10,18H,8H2,1-2H3. The van der Waals surface area contributed by atoms with E-state index in [0.717, 1.165) is 0 Å². The van der Waals surface area contributed by atoms with E-state index in [1.807, 2.05) is 0 Å². The highest BCUT2D eigenvalue weighted by molar-refractivity contribution is 7.89. The highest BCUT2D eigenvalue weighted by Crippen LogP contribution is 2.28. The van der Waals surface area contributed by atoms with Crippen molar-refractivity contribution in [3.63, 3.8) is 0 Å². The van der Waals surface area contributed by atoms with Gasteiger partial charge in [-0.25, -0.2) is 18.1 Å². The van der Waals surface area contributed by atoms with Gasteiger partial charge in [0.2, 0.25) is 10.0 Å². The number of fused-ring (bicyclic) bond motifs is 1. The van der Waals surface area contributed by atoms with Gasteiger partial charge in [0.15, 0.2) is 0 Å². The van der Waals surface area contributed by atoms with Crippen LogP contribution in [0.4, 0.5) is 0 Å². The second-order valence-corrected chi connectivity index (χ2v) is 7.36. The Morgan fingerprint density at radius 2 is 1.96 bits per heavy atom. The van der Waals surface area contributed by atoms with Crippen molar-refractivity contribution >= 4 is 27.3 Å². The monoisotopic (exact) mass is 381 g/mol. The van der Waals surface area contributed by atoms with E-state index in [9.17, 15) is 8.42 Å². The average Bonchev–Trinajstić information content (AvgIpc) is 3.01. The third kappa shape index (κ3) is 3.71. The Labute approximate surface area is 150 Å². The Hall–Kier alpha value is -2.29. The molecule has 25 heavy (non-hydrogen) atoms. The van der Waals surface area contributed by atoms with E-state index >= 15 is 0 Å². The smallest absolute Gasteiger partial charge is 0.244 e. The Bertz CT molecular complexity index is 1020. The number of sulfonamides is 1. The minimum Gasteiger partial charge on any atom is -0.497 e. The molecule has 0 saturated heterocycles. The molecular weight excluding hydrogens is 366 g/mol. The Morgan fingerprint density at radius 3 is 2.68 bits per heavy atom. The van der Waals surface area contributed by atoms with E-state index < -0.39 is 10.0 Å². The highest BCUT2D eigenvalue weighted by Gasteiger charge is 2.20. The molecule has 3 rings (SSSR count). The van der Waals surface area contributed by atoms with Gasteiger partial charge in [-0.3, -0.25) is 0 Å². The summed E-state index contributed by atoms with van der Waals surface area (Å²) in [6, 6.07) is 8.05. The van der Waals surface area contributed by atoms with Crippen LogP contribution in [0.2, 0.25) is 5.02 Å². The lowest BCUT2D eigenvalue weighted by Crippen LogP contribution is -2.24. The lowest BCUT2D eigenvalue weighted by molar-refractivity contribution is 0.392. The van der Waals surface area contributed by atoms with Crippen molar-refractivity contribution < 1.29 is 17.9 Å². The summed E-state index contributed by atoms with van der Waals surface area (Å²) in [5, 5.41) is 0.568. The van der Waals surface area contributed by atoms with Crippen LogP contribution in [0.3, 0.4) is 0 Å². The largest absolute Gasteiger partial charge is 0.497 e. The summed E-state index contributed by atoms with van der Waals surface area (Å²) in [5.41, 5.74) is 1.24. The molecular formula is C16H16ClN3O4S. The van der Waals surface area contributed by atoms with Crippen molar-refractivity contribution in [3.05, 3.63) is 53.4 Å². The first-order chi connectivity index (χ1) is 11.9. The SMILES string of the molecule is COc1ccc(OC)c(S(=O)(=O)NCc2cn3cc(Cl)ccc3n2)c1. The highest BCUT2D eigenvalue weighted by atomic mass is 35.5. The lowest BCUT2D eigenvalue weighted by Gasteiger charge is -2.11. The summed E-state index contributed by atoms with van der Waals surface area (Å²) in [4.78, 5) is 4.35. The molecule has 2 aromatic heterocycles. The second-order valence-electron chi connectivity index (χ2n) is 5.19. The summed E-state index contributed by atoms with van der Waals surface area (Å²) < 4.78 is 39.7. The fourth-order valence-corrected chi connectivity index (χ4v) is 3.69. The molecule has 3 aromatic rings. The molecule has 2 heterocycles. The number of imidazole rings is 1. The first kappa shape index (κ1) is 17.5.